The summed E-state index contributed by atoms with van der Waals surface area (Å²) in [7, 11) is 3.81. The molecule has 0 spiro atoms. The molecule has 0 fully saturated rings. The Balaban J connectivity index is 1.77. The van der Waals surface area contributed by atoms with Crippen molar-refractivity contribution in [3.8, 4) is 0 Å². The second-order valence-corrected chi connectivity index (χ2v) is 7.91. The largest absolute Gasteiger partial charge is 0.416 e. The van der Waals surface area contributed by atoms with Gasteiger partial charge < -0.3 is 15.5 Å². The molecular formula is C23H20ClF3N4O2. The predicted octanol–water partition coefficient (Wildman–Crippen LogP) is 5.32. The number of alkyl halides is 3. The van der Waals surface area contributed by atoms with E-state index in [1.807, 2.05) is 19.0 Å². The molecule has 0 saturated carbocycles. The number of carbonyl (C=O) groups is 2. The zero-order valence-corrected chi connectivity index (χ0v) is 18.5. The number of carbonyl (C=O) groups excluding carboxylic acids is 2. The number of anilines is 2. The summed E-state index contributed by atoms with van der Waals surface area (Å²) in [5.74, 6) is -1.28. The van der Waals surface area contributed by atoms with E-state index in [-0.39, 0.29) is 21.8 Å². The molecule has 0 bridgehead atoms. The fourth-order valence-electron chi connectivity index (χ4n) is 3.02. The summed E-state index contributed by atoms with van der Waals surface area (Å²) in [6.45, 7) is 0.633. The van der Waals surface area contributed by atoms with E-state index in [0.717, 1.165) is 23.8 Å². The number of nitrogens with one attached hydrogen (secondary N) is 2. The zero-order chi connectivity index (χ0) is 24.2. The zero-order valence-electron chi connectivity index (χ0n) is 17.7. The maximum Gasteiger partial charge on any atom is 0.416 e. The molecule has 1 heterocycles. The van der Waals surface area contributed by atoms with Crippen LogP contribution in [0.1, 0.15) is 31.8 Å². The van der Waals surface area contributed by atoms with E-state index in [1.54, 1.807) is 12.3 Å². The number of hydrogen-bond donors (Lipinski definition) is 2. The van der Waals surface area contributed by atoms with Crippen molar-refractivity contribution < 1.29 is 22.8 Å². The molecule has 0 aliphatic heterocycles. The molecule has 0 saturated heterocycles. The number of halogens is 4. The Labute approximate surface area is 193 Å². The third-order valence-electron chi connectivity index (χ3n) is 4.47. The summed E-state index contributed by atoms with van der Waals surface area (Å²) in [6.07, 6.45) is -1.39. The molecule has 3 rings (SSSR count). The number of aromatic nitrogens is 1. The predicted molar refractivity (Wildman–Crippen MR) is 120 cm³/mol. The van der Waals surface area contributed by atoms with Gasteiger partial charge in [-0.25, -0.2) is 0 Å². The number of amides is 2. The van der Waals surface area contributed by atoms with Crippen LogP contribution < -0.4 is 10.6 Å². The van der Waals surface area contributed by atoms with Gasteiger partial charge in [-0.15, -0.1) is 0 Å². The van der Waals surface area contributed by atoms with Gasteiger partial charge in [-0.05, 0) is 62.1 Å². The Morgan fingerprint density at radius 3 is 2.39 bits per heavy atom. The van der Waals surface area contributed by atoms with Crippen LogP contribution in [0.5, 0.6) is 0 Å². The topological polar surface area (TPSA) is 74.3 Å². The molecule has 6 nitrogen and oxygen atoms in total. The first kappa shape index (κ1) is 24.2. The van der Waals surface area contributed by atoms with Gasteiger partial charge in [0, 0.05) is 24.0 Å². The minimum Gasteiger partial charge on any atom is -0.322 e. The second kappa shape index (κ2) is 10.0. The Kier molecular flexibility index (Phi) is 7.35. The molecule has 172 valence electrons. The van der Waals surface area contributed by atoms with Crippen molar-refractivity contribution in [1.29, 1.82) is 0 Å². The molecule has 2 N–H and O–H groups in total. The minimum absolute atomic E-state index is 0.0801. The van der Waals surface area contributed by atoms with Gasteiger partial charge in [0.05, 0.1) is 28.0 Å². The van der Waals surface area contributed by atoms with Gasteiger partial charge in [-0.1, -0.05) is 17.7 Å². The highest BCUT2D eigenvalue weighted by atomic mass is 35.5. The first-order valence-electron chi connectivity index (χ1n) is 9.71. The fourth-order valence-corrected chi connectivity index (χ4v) is 3.23. The molecule has 2 amide bonds. The van der Waals surface area contributed by atoms with E-state index in [0.29, 0.717) is 12.2 Å². The molecule has 0 radical (unpaired) electrons. The maximum absolute atomic E-state index is 12.9. The van der Waals surface area contributed by atoms with E-state index >= 15 is 0 Å². The monoisotopic (exact) mass is 476 g/mol. The quantitative estimate of drug-likeness (QED) is 0.505. The van der Waals surface area contributed by atoms with Crippen molar-refractivity contribution in [3.05, 3.63) is 88.2 Å². The lowest BCUT2D eigenvalue weighted by Crippen LogP contribution is -2.16. The number of benzene rings is 2. The van der Waals surface area contributed by atoms with Gasteiger partial charge in [0.2, 0.25) is 0 Å². The molecule has 0 aliphatic rings. The lowest BCUT2D eigenvalue weighted by atomic mass is 10.1. The second-order valence-electron chi connectivity index (χ2n) is 7.50. The minimum atomic E-state index is -4.57. The summed E-state index contributed by atoms with van der Waals surface area (Å²) in [4.78, 5) is 31.3. The normalized spacial score (nSPS) is 11.4. The molecule has 1 aromatic heterocycles. The van der Waals surface area contributed by atoms with Crippen LogP contribution in [0.15, 0.2) is 60.9 Å². The molecule has 0 aliphatic carbocycles. The van der Waals surface area contributed by atoms with Crippen LogP contribution in [0, 0.1) is 0 Å². The van der Waals surface area contributed by atoms with Crippen LogP contribution in [-0.4, -0.2) is 35.8 Å². The molecular weight excluding hydrogens is 457 g/mol. The molecule has 10 heteroatoms. The number of rotatable bonds is 6. The lowest BCUT2D eigenvalue weighted by Gasteiger charge is -2.12. The standard InChI is InChI=1S/C23H20ClF3N4O2/c1-31(2)13-14-8-18(12-28-11-14)30-22(33)19-10-17(6-7-20(19)24)29-21(32)15-4-3-5-16(9-15)23(25,26)27/h3-12H,13H2,1-2H3,(H,29,32)(H,30,33). The van der Waals surface area contributed by atoms with Crippen LogP contribution in [0.3, 0.4) is 0 Å². The van der Waals surface area contributed by atoms with Crippen LogP contribution in [-0.2, 0) is 12.7 Å². The van der Waals surface area contributed by atoms with Gasteiger partial charge in [-0.3, -0.25) is 14.6 Å². The first-order chi connectivity index (χ1) is 15.5. The van der Waals surface area contributed by atoms with Crippen LogP contribution in [0.2, 0.25) is 5.02 Å². The highest BCUT2D eigenvalue weighted by Gasteiger charge is 2.30. The molecule has 0 atom stereocenters. The first-order valence-corrected chi connectivity index (χ1v) is 10.1. The SMILES string of the molecule is CN(C)Cc1cncc(NC(=O)c2cc(NC(=O)c3cccc(C(F)(F)F)c3)ccc2Cl)c1. The molecule has 3 aromatic rings. The highest BCUT2D eigenvalue weighted by molar-refractivity contribution is 6.34. The third kappa shape index (κ3) is 6.53. The Morgan fingerprint density at radius 1 is 0.970 bits per heavy atom. The average molecular weight is 477 g/mol. The average Bonchev–Trinajstić information content (AvgIpc) is 2.74. The Morgan fingerprint density at radius 2 is 1.70 bits per heavy atom. The van der Waals surface area contributed by atoms with E-state index < -0.39 is 23.6 Å². The van der Waals surface area contributed by atoms with Gasteiger partial charge in [0.15, 0.2) is 0 Å². The van der Waals surface area contributed by atoms with E-state index in [4.69, 9.17) is 11.6 Å². The van der Waals surface area contributed by atoms with Gasteiger partial charge in [0.25, 0.3) is 11.8 Å². The van der Waals surface area contributed by atoms with Crippen molar-refractivity contribution in [3.63, 3.8) is 0 Å². The summed E-state index contributed by atoms with van der Waals surface area (Å²) < 4.78 is 38.7. The van der Waals surface area contributed by atoms with E-state index in [2.05, 4.69) is 15.6 Å². The third-order valence-corrected chi connectivity index (χ3v) is 4.80. The van der Waals surface area contributed by atoms with Crippen molar-refractivity contribution in [2.45, 2.75) is 12.7 Å². The van der Waals surface area contributed by atoms with Crippen LogP contribution >= 0.6 is 11.6 Å². The molecule has 33 heavy (non-hydrogen) atoms. The van der Waals surface area contributed by atoms with Gasteiger partial charge in [-0.2, -0.15) is 13.2 Å². The van der Waals surface area contributed by atoms with E-state index in [1.165, 1.54) is 30.5 Å². The van der Waals surface area contributed by atoms with Crippen molar-refractivity contribution >= 4 is 34.8 Å². The number of pyridine rings is 1. The Bertz CT molecular complexity index is 1180. The highest BCUT2D eigenvalue weighted by Crippen LogP contribution is 2.30. The summed E-state index contributed by atoms with van der Waals surface area (Å²) in [5, 5.41) is 5.34. The van der Waals surface area contributed by atoms with Gasteiger partial charge >= 0.3 is 6.18 Å². The lowest BCUT2D eigenvalue weighted by molar-refractivity contribution is -0.137. The number of nitrogens with zero attached hydrogens (tertiary/aromatic N) is 2. The fraction of sp³-hybridized carbons (Fsp3) is 0.174. The summed E-state index contributed by atoms with van der Waals surface area (Å²) >= 11 is 6.16. The van der Waals surface area contributed by atoms with Crippen molar-refractivity contribution in [2.75, 3.05) is 24.7 Å². The van der Waals surface area contributed by atoms with E-state index in [9.17, 15) is 22.8 Å². The van der Waals surface area contributed by atoms with Crippen LogP contribution in [0.4, 0.5) is 24.5 Å². The van der Waals surface area contributed by atoms with Crippen molar-refractivity contribution in [2.24, 2.45) is 0 Å². The summed E-state index contributed by atoms with van der Waals surface area (Å²) in [5.41, 5.74) is 0.536. The van der Waals surface area contributed by atoms with Crippen molar-refractivity contribution in [1.82, 2.24) is 9.88 Å². The summed E-state index contributed by atoms with van der Waals surface area (Å²) in [6, 6.07) is 10.0. The molecule has 0 unspecified atom stereocenters. The smallest absolute Gasteiger partial charge is 0.322 e. The van der Waals surface area contributed by atoms with Gasteiger partial charge in [0.1, 0.15) is 0 Å². The molecule has 2 aromatic carbocycles. The Hall–Kier alpha value is -3.43. The maximum atomic E-state index is 12.9. The van der Waals surface area contributed by atoms with Crippen LogP contribution in [0.25, 0.3) is 0 Å². The number of hydrogen-bond acceptors (Lipinski definition) is 4.